The smallest absolute Gasteiger partial charge is 0.228 e. The van der Waals surface area contributed by atoms with E-state index in [1.54, 1.807) is 18.0 Å². The number of nitrogens with zero attached hydrogens (tertiary/aromatic N) is 1. The van der Waals surface area contributed by atoms with Gasteiger partial charge >= 0.3 is 0 Å². The highest BCUT2D eigenvalue weighted by molar-refractivity contribution is 7.98. The largest absolute Gasteiger partial charge is 0.324 e. The van der Waals surface area contributed by atoms with Gasteiger partial charge in [0.1, 0.15) is 5.82 Å². The maximum Gasteiger partial charge on any atom is 0.228 e. The zero-order valence-electron chi connectivity index (χ0n) is 19.1. The van der Waals surface area contributed by atoms with Crippen molar-refractivity contribution in [3.63, 3.8) is 0 Å². The van der Waals surface area contributed by atoms with E-state index in [4.69, 9.17) is 0 Å². The molecule has 6 heteroatoms. The van der Waals surface area contributed by atoms with Gasteiger partial charge in [0.25, 0.3) is 0 Å². The van der Waals surface area contributed by atoms with Gasteiger partial charge in [-0.05, 0) is 53.9 Å². The van der Waals surface area contributed by atoms with Crippen LogP contribution >= 0.6 is 11.8 Å². The van der Waals surface area contributed by atoms with Crippen molar-refractivity contribution < 1.29 is 14.0 Å². The molecule has 0 saturated heterocycles. The Bertz CT molecular complexity index is 1250. The van der Waals surface area contributed by atoms with Gasteiger partial charge in [0.05, 0.1) is 16.9 Å². The predicted octanol–water partition coefficient (Wildman–Crippen LogP) is 6.58. The van der Waals surface area contributed by atoms with E-state index in [0.717, 1.165) is 16.3 Å². The van der Waals surface area contributed by atoms with Crippen LogP contribution < -0.4 is 5.32 Å². The Morgan fingerprint density at radius 3 is 2.11 bits per heavy atom. The number of halogens is 1. The summed E-state index contributed by atoms with van der Waals surface area (Å²) in [5.74, 6) is -0.632. The molecule has 1 amide bonds. The second kappa shape index (κ2) is 12.1. The lowest BCUT2D eigenvalue weighted by Crippen LogP contribution is -2.27. The van der Waals surface area contributed by atoms with Gasteiger partial charge < -0.3 is 5.32 Å². The van der Waals surface area contributed by atoms with Gasteiger partial charge in [-0.3, -0.25) is 9.59 Å². The van der Waals surface area contributed by atoms with Crippen molar-refractivity contribution in [3.8, 4) is 0 Å². The van der Waals surface area contributed by atoms with Gasteiger partial charge in [0, 0.05) is 23.7 Å². The number of carbonyl (C=O) groups excluding carboxylic acids is 2. The summed E-state index contributed by atoms with van der Waals surface area (Å²) in [6, 6.07) is 28.8. The van der Waals surface area contributed by atoms with E-state index in [1.165, 1.54) is 29.8 Å². The average molecular weight is 485 g/mol. The topological polar surface area (TPSA) is 59.1 Å². The van der Waals surface area contributed by atoms with Crippen LogP contribution in [0.4, 0.5) is 10.1 Å². The Balaban J connectivity index is 1.42. The highest BCUT2D eigenvalue weighted by Gasteiger charge is 2.23. The fourth-order valence-corrected chi connectivity index (χ4v) is 4.45. The molecule has 0 aliphatic carbocycles. The number of carbonyl (C=O) groups is 2. The zero-order valence-corrected chi connectivity index (χ0v) is 19.9. The van der Waals surface area contributed by atoms with Crippen LogP contribution in [0.25, 0.3) is 0 Å². The molecule has 35 heavy (non-hydrogen) atoms. The van der Waals surface area contributed by atoms with Gasteiger partial charge in [0.15, 0.2) is 5.78 Å². The number of pyridine rings is 1. The summed E-state index contributed by atoms with van der Waals surface area (Å²) in [4.78, 5) is 30.5. The van der Waals surface area contributed by atoms with E-state index < -0.39 is 11.7 Å². The Morgan fingerprint density at radius 2 is 1.49 bits per heavy atom. The van der Waals surface area contributed by atoms with Gasteiger partial charge in [-0.1, -0.05) is 60.7 Å². The molecule has 0 spiro atoms. The van der Waals surface area contributed by atoms with E-state index in [9.17, 15) is 14.0 Å². The quantitative estimate of drug-likeness (QED) is 0.204. The molecule has 0 aliphatic heterocycles. The first-order valence-corrected chi connectivity index (χ1v) is 12.3. The third-order valence-electron chi connectivity index (χ3n) is 5.53. The van der Waals surface area contributed by atoms with E-state index in [-0.39, 0.29) is 18.1 Å². The average Bonchev–Trinajstić information content (AvgIpc) is 2.89. The minimum Gasteiger partial charge on any atom is -0.324 e. The van der Waals surface area contributed by atoms with Crippen LogP contribution in [0.15, 0.2) is 108 Å². The first kappa shape index (κ1) is 24.4. The molecular formula is C29H25FN2O2S. The highest BCUT2D eigenvalue weighted by Crippen LogP contribution is 2.23. The van der Waals surface area contributed by atoms with E-state index >= 15 is 0 Å². The number of ketones is 1. The molecule has 1 aromatic heterocycles. The van der Waals surface area contributed by atoms with Crippen molar-refractivity contribution in [2.75, 3.05) is 5.32 Å². The Kier molecular flexibility index (Phi) is 8.41. The maximum absolute atomic E-state index is 13.3. The van der Waals surface area contributed by atoms with E-state index in [2.05, 4.69) is 22.4 Å². The van der Waals surface area contributed by atoms with Crippen molar-refractivity contribution in [1.29, 1.82) is 0 Å². The number of anilines is 1. The zero-order chi connectivity index (χ0) is 24.5. The van der Waals surface area contributed by atoms with Gasteiger partial charge in [-0.15, -0.1) is 11.8 Å². The second-order valence-corrected chi connectivity index (χ2v) is 9.17. The van der Waals surface area contributed by atoms with Crippen molar-refractivity contribution in [2.45, 2.75) is 23.6 Å². The van der Waals surface area contributed by atoms with Crippen LogP contribution in [-0.4, -0.2) is 16.7 Å². The number of benzene rings is 3. The number of aromatic nitrogens is 1. The van der Waals surface area contributed by atoms with Crippen LogP contribution in [0, 0.1) is 11.7 Å². The van der Waals surface area contributed by atoms with Crippen molar-refractivity contribution in [3.05, 3.63) is 126 Å². The Labute approximate surface area is 208 Å². The molecule has 3 aromatic carbocycles. The maximum atomic E-state index is 13.3. The summed E-state index contributed by atoms with van der Waals surface area (Å²) in [7, 11) is 0. The van der Waals surface area contributed by atoms with Gasteiger partial charge in [-0.25, -0.2) is 9.37 Å². The third-order valence-corrected chi connectivity index (χ3v) is 6.54. The fourth-order valence-electron chi connectivity index (χ4n) is 3.65. The summed E-state index contributed by atoms with van der Waals surface area (Å²) in [6.45, 7) is 0. The molecule has 0 radical (unpaired) electrons. The molecule has 176 valence electrons. The molecule has 4 rings (SSSR count). The van der Waals surface area contributed by atoms with Gasteiger partial charge in [0.2, 0.25) is 5.91 Å². The SMILES string of the molecule is O=C(C[C@@H](Cc1ccccc1)C(=O)Nc1ccc(SCc2ccccc2)nc1)c1ccc(F)cc1. The molecule has 0 saturated carbocycles. The standard InChI is InChI=1S/C29H25FN2O2S/c30-25-13-11-23(12-14-25)27(33)18-24(17-21-7-3-1-4-8-21)29(34)32-26-15-16-28(31-19-26)35-20-22-9-5-2-6-10-22/h1-16,19,24H,17-18,20H2,(H,32,34)/t24-/m1/s1. The van der Waals surface area contributed by atoms with Gasteiger partial charge in [-0.2, -0.15) is 0 Å². The molecule has 1 N–H and O–H groups in total. The number of hydrogen-bond donors (Lipinski definition) is 1. The normalized spacial score (nSPS) is 11.6. The minimum atomic E-state index is -0.581. The van der Waals surface area contributed by atoms with Crippen LogP contribution in [-0.2, 0) is 17.0 Å². The van der Waals surface area contributed by atoms with Crippen LogP contribution in [0.1, 0.15) is 27.9 Å². The Hall–Kier alpha value is -3.77. The predicted molar refractivity (Wildman–Crippen MR) is 138 cm³/mol. The number of thioether (sulfide) groups is 1. The number of Topliss-reactive ketones (excluding diaryl/α,β-unsaturated/α-hetero) is 1. The second-order valence-electron chi connectivity index (χ2n) is 8.17. The Morgan fingerprint density at radius 1 is 0.829 bits per heavy atom. The third kappa shape index (κ3) is 7.36. The molecule has 0 unspecified atom stereocenters. The number of amides is 1. The number of rotatable bonds is 10. The highest BCUT2D eigenvalue weighted by atomic mass is 32.2. The molecule has 0 fully saturated rings. The fraction of sp³-hybridized carbons (Fsp3) is 0.138. The molecule has 1 heterocycles. The lowest BCUT2D eigenvalue weighted by molar-refractivity contribution is -0.119. The first-order valence-electron chi connectivity index (χ1n) is 11.3. The summed E-state index contributed by atoms with van der Waals surface area (Å²) in [5, 5.41) is 3.77. The molecule has 0 bridgehead atoms. The lowest BCUT2D eigenvalue weighted by Gasteiger charge is -2.17. The molecule has 1 atom stereocenters. The van der Waals surface area contributed by atoms with Crippen LogP contribution in [0.2, 0.25) is 0 Å². The summed E-state index contributed by atoms with van der Waals surface area (Å²) < 4.78 is 13.3. The number of hydrogen-bond acceptors (Lipinski definition) is 4. The van der Waals surface area contributed by atoms with Crippen molar-refractivity contribution >= 4 is 29.1 Å². The van der Waals surface area contributed by atoms with Crippen LogP contribution in [0.5, 0.6) is 0 Å². The molecular weight excluding hydrogens is 459 g/mol. The first-order chi connectivity index (χ1) is 17.1. The van der Waals surface area contributed by atoms with Crippen LogP contribution in [0.3, 0.4) is 0 Å². The van der Waals surface area contributed by atoms with E-state index in [0.29, 0.717) is 17.7 Å². The van der Waals surface area contributed by atoms with E-state index in [1.807, 2.05) is 60.7 Å². The summed E-state index contributed by atoms with van der Waals surface area (Å²) in [5.41, 5.74) is 3.14. The van der Waals surface area contributed by atoms with Crippen molar-refractivity contribution in [2.24, 2.45) is 5.92 Å². The van der Waals surface area contributed by atoms with Crippen molar-refractivity contribution in [1.82, 2.24) is 4.98 Å². The number of nitrogens with one attached hydrogen (secondary N) is 1. The summed E-state index contributed by atoms with van der Waals surface area (Å²) >= 11 is 1.62. The lowest BCUT2D eigenvalue weighted by atomic mass is 9.91. The molecule has 4 aromatic rings. The monoisotopic (exact) mass is 484 g/mol. The molecule has 0 aliphatic rings. The minimum absolute atomic E-state index is 0.0187. The summed E-state index contributed by atoms with van der Waals surface area (Å²) in [6.07, 6.45) is 2.06. The molecule has 4 nitrogen and oxygen atoms in total.